The van der Waals surface area contributed by atoms with Crippen molar-refractivity contribution in [2.45, 2.75) is 6.42 Å². The van der Waals surface area contributed by atoms with Crippen LogP contribution in [0.25, 0.3) is 0 Å². The summed E-state index contributed by atoms with van der Waals surface area (Å²) in [5.41, 5.74) is 0.867. The molecular formula is C14H10N2O3. The van der Waals surface area contributed by atoms with Crippen LogP contribution in [0.5, 0.6) is 0 Å². The van der Waals surface area contributed by atoms with Crippen LogP contribution < -0.4 is 0 Å². The van der Waals surface area contributed by atoms with E-state index in [9.17, 15) is 14.4 Å². The predicted molar refractivity (Wildman–Crippen MR) is 63.8 cm³/mol. The molecule has 0 radical (unpaired) electrons. The van der Waals surface area contributed by atoms with Crippen molar-refractivity contribution in [1.29, 1.82) is 5.26 Å². The maximum Gasteiger partial charge on any atom is 0.233 e. The first-order valence-corrected chi connectivity index (χ1v) is 6.00. The largest absolute Gasteiger partial charge is 0.292 e. The van der Waals surface area contributed by atoms with Gasteiger partial charge in [0.05, 0.1) is 30.0 Å². The van der Waals surface area contributed by atoms with Crippen molar-refractivity contribution in [3.63, 3.8) is 0 Å². The van der Waals surface area contributed by atoms with Gasteiger partial charge in [0, 0.05) is 5.56 Å². The van der Waals surface area contributed by atoms with E-state index < -0.39 is 0 Å². The number of nitrogens with zero attached hydrogens (tertiary/aromatic N) is 2. The van der Waals surface area contributed by atoms with Gasteiger partial charge in [-0.3, -0.25) is 19.3 Å². The van der Waals surface area contributed by atoms with Crippen molar-refractivity contribution < 1.29 is 14.4 Å². The Hall–Kier alpha value is -2.48. The smallest absolute Gasteiger partial charge is 0.233 e. The summed E-state index contributed by atoms with van der Waals surface area (Å²) < 4.78 is 0. The Morgan fingerprint density at radius 1 is 1.21 bits per heavy atom. The van der Waals surface area contributed by atoms with Crippen molar-refractivity contribution in [3.8, 4) is 6.07 Å². The number of hydrogen-bond acceptors (Lipinski definition) is 4. The van der Waals surface area contributed by atoms with Crippen LogP contribution in [-0.2, 0) is 9.59 Å². The lowest BCUT2D eigenvalue weighted by Gasteiger charge is -2.15. The molecular weight excluding hydrogens is 244 g/mol. The summed E-state index contributed by atoms with van der Waals surface area (Å²) in [6.45, 7) is -0.198. The molecule has 1 aromatic rings. The maximum absolute atomic E-state index is 12.0. The number of ketones is 1. The topological polar surface area (TPSA) is 78.2 Å². The minimum Gasteiger partial charge on any atom is -0.292 e. The summed E-state index contributed by atoms with van der Waals surface area (Å²) >= 11 is 0. The lowest BCUT2D eigenvalue weighted by atomic mass is 10.1. The molecule has 3 rings (SSSR count). The van der Waals surface area contributed by atoms with E-state index in [-0.39, 0.29) is 36.0 Å². The van der Waals surface area contributed by atoms with Crippen LogP contribution in [0.1, 0.15) is 22.3 Å². The molecule has 2 aliphatic rings. The van der Waals surface area contributed by atoms with Gasteiger partial charge in [-0.05, 0) is 18.6 Å². The molecule has 0 spiro atoms. The molecule has 94 valence electrons. The normalized spacial score (nSPS) is 24.1. The summed E-state index contributed by atoms with van der Waals surface area (Å²) in [7, 11) is 0. The molecule has 1 aromatic carbocycles. The Kier molecular flexibility index (Phi) is 2.46. The first-order chi connectivity index (χ1) is 9.11. The minimum absolute atomic E-state index is 0.179. The SMILES string of the molecule is N#Cc1ccc(C(=O)CN2C(=O)C3CC3C2=O)cc1. The van der Waals surface area contributed by atoms with E-state index in [1.54, 1.807) is 12.1 Å². The average molecular weight is 254 g/mol. The number of benzene rings is 1. The van der Waals surface area contributed by atoms with E-state index in [0.29, 0.717) is 17.5 Å². The summed E-state index contributed by atoms with van der Waals surface area (Å²) in [6.07, 6.45) is 0.638. The van der Waals surface area contributed by atoms with Crippen LogP contribution in [0.4, 0.5) is 0 Å². The second-order valence-corrected chi connectivity index (χ2v) is 4.82. The number of Topliss-reactive ketones (excluding diaryl/α,β-unsaturated/α-hetero) is 1. The van der Waals surface area contributed by atoms with Gasteiger partial charge in [0.2, 0.25) is 11.8 Å². The molecule has 5 nitrogen and oxygen atoms in total. The quantitative estimate of drug-likeness (QED) is 0.589. The number of carbonyl (C=O) groups excluding carboxylic acids is 3. The number of fused-ring (bicyclic) bond motifs is 1. The lowest BCUT2D eigenvalue weighted by molar-refractivity contribution is -0.140. The van der Waals surface area contributed by atoms with E-state index in [4.69, 9.17) is 5.26 Å². The molecule has 1 saturated carbocycles. The zero-order valence-corrected chi connectivity index (χ0v) is 10.00. The Bertz CT molecular complexity index is 607. The third-order valence-electron chi connectivity index (χ3n) is 3.59. The second kappa shape index (κ2) is 4.02. The first kappa shape index (κ1) is 11.6. The Morgan fingerprint density at radius 2 is 1.79 bits per heavy atom. The van der Waals surface area contributed by atoms with Gasteiger partial charge in [0.1, 0.15) is 0 Å². The van der Waals surface area contributed by atoms with Crippen LogP contribution in [0, 0.1) is 23.2 Å². The number of hydrogen-bond donors (Lipinski definition) is 0. The minimum atomic E-state index is -0.285. The molecule has 1 heterocycles. The second-order valence-electron chi connectivity index (χ2n) is 4.82. The number of nitriles is 1. The zero-order valence-electron chi connectivity index (χ0n) is 10.00. The highest BCUT2D eigenvalue weighted by Gasteiger charge is 2.58. The third kappa shape index (κ3) is 1.82. The Balaban J connectivity index is 1.73. The molecule has 5 heteroatoms. The number of rotatable bonds is 3. The predicted octanol–water partition coefficient (Wildman–Crippen LogP) is 0.746. The van der Waals surface area contributed by atoms with Crippen LogP contribution in [0.3, 0.4) is 0 Å². The van der Waals surface area contributed by atoms with Crippen molar-refractivity contribution in [1.82, 2.24) is 4.90 Å². The van der Waals surface area contributed by atoms with Crippen molar-refractivity contribution in [2.75, 3.05) is 6.54 Å². The number of amides is 2. The van der Waals surface area contributed by atoms with Crippen LogP contribution in [0.15, 0.2) is 24.3 Å². The summed E-state index contributed by atoms with van der Waals surface area (Å²) in [5.74, 6) is -1.09. The van der Waals surface area contributed by atoms with Gasteiger partial charge < -0.3 is 0 Å². The van der Waals surface area contributed by atoms with Crippen molar-refractivity contribution >= 4 is 17.6 Å². The number of likely N-dealkylation sites (tertiary alicyclic amines) is 1. The number of imide groups is 1. The standard InChI is InChI=1S/C14H10N2O3/c15-6-8-1-3-9(4-2-8)12(17)7-16-13(18)10-5-11(10)14(16)19/h1-4,10-11H,5,7H2. The van der Waals surface area contributed by atoms with E-state index in [1.807, 2.05) is 6.07 Å². The maximum atomic E-state index is 12.0. The molecule has 1 aliphatic heterocycles. The van der Waals surface area contributed by atoms with E-state index in [0.717, 1.165) is 4.90 Å². The van der Waals surface area contributed by atoms with Crippen molar-refractivity contribution in [2.24, 2.45) is 11.8 Å². The fraction of sp³-hybridized carbons (Fsp3) is 0.286. The molecule has 1 aliphatic carbocycles. The average Bonchev–Trinajstić information content (AvgIpc) is 3.19. The van der Waals surface area contributed by atoms with Crippen LogP contribution in [-0.4, -0.2) is 29.0 Å². The summed E-state index contributed by atoms with van der Waals surface area (Å²) in [4.78, 5) is 36.5. The molecule has 19 heavy (non-hydrogen) atoms. The van der Waals surface area contributed by atoms with E-state index in [2.05, 4.69) is 0 Å². The molecule has 2 amide bonds. The van der Waals surface area contributed by atoms with E-state index in [1.165, 1.54) is 12.1 Å². The molecule has 1 saturated heterocycles. The monoisotopic (exact) mass is 254 g/mol. The van der Waals surface area contributed by atoms with Crippen LogP contribution >= 0.6 is 0 Å². The lowest BCUT2D eigenvalue weighted by Crippen LogP contribution is -2.37. The fourth-order valence-electron chi connectivity index (χ4n) is 2.37. The summed E-state index contributed by atoms with van der Waals surface area (Å²) in [5, 5.41) is 8.67. The summed E-state index contributed by atoms with van der Waals surface area (Å²) in [6, 6.07) is 8.11. The van der Waals surface area contributed by atoms with Gasteiger partial charge in [0.25, 0.3) is 0 Å². The first-order valence-electron chi connectivity index (χ1n) is 6.00. The van der Waals surface area contributed by atoms with Gasteiger partial charge in [0.15, 0.2) is 5.78 Å². The molecule has 2 fully saturated rings. The van der Waals surface area contributed by atoms with Gasteiger partial charge in [-0.1, -0.05) is 12.1 Å². The van der Waals surface area contributed by atoms with Gasteiger partial charge in [-0.25, -0.2) is 0 Å². The number of piperidine rings is 1. The Labute approximate surface area is 109 Å². The zero-order chi connectivity index (χ0) is 13.6. The highest BCUT2D eigenvalue weighted by Crippen LogP contribution is 2.46. The fourth-order valence-corrected chi connectivity index (χ4v) is 2.37. The molecule has 0 bridgehead atoms. The van der Waals surface area contributed by atoms with Gasteiger partial charge >= 0.3 is 0 Å². The molecule has 0 N–H and O–H groups in total. The number of carbonyl (C=O) groups is 3. The Morgan fingerprint density at radius 3 is 2.32 bits per heavy atom. The highest BCUT2D eigenvalue weighted by atomic mass is 16.2. The van der Waals surface area contributed by atoms with Crippen molar-refractivity contribution in [3.05, 3.63) is 35.4 Å². The van der Waals surface area contributed by atoms with Gasteiger partial charge in [-0.2, -0.15) is 5.26 Å². The molecule has 2 unspecified atom stereocenters. The van der Waals surface area contributed by atoms with E-state index >= 15 is 0 Å². The molecule has 0 aromatic heterocycles. The third-order valence-corrected chi connectivity index (χ3v) is 3.59. The molecule has 2 atom stereocenters. The van der Waals surface area contributed by atoms with Crippen LogP contribution in [0.2, 0.25) is 0 Å². The van der Waals surface area contributed by atoms with Gasteiger partial charge in [-0.15, -0.1) is 0 Å². The highest BCUT2D eigenvalue weighted by molar-refractivity contribution is 6.12.